The highest BCUT2D eigenvalue weighted by Crippen LogP contribution is 2.27. The minimum atomic E-state index is -0.596. The first-order chi connectivity index (χ1) is 12.2. The zero-order valence-corrected chi connectivity index (χ0v) is 16.3. The molecule has 3 aromatic rings. The van der Waals surface area contributed by atoms with E-state index in [-0.39, 0.29) is 11.6 Å². The fourth-order valence-electron chi connectivity index (χ4n) is 2.65. The Balaban J connectivity index is 1.80. The lowest BCUT2D eigenvalue weighted by molar-refractivity contribution is 0.241. The molecule has 3 rings (SSSR count). The summed E-state index contributed by atoms with van der Waals surface area (Å²) in [5.74, 6) is 0. The van der Waals surface area contributed by atoms with Gasteiger partial charge in [-0.15, -0.1) is 11.3 Å². The first kappa shape index (κ1) is 18.1. The molecule has 0 radical (unpaired) electrons. The molecular weight excluding hydrogens is 348 g/mol. The summed E-state index contributed by atoms with van der Waals surface area (Å²) < 4.78 is 1.52. The van der Waals surface area contributed by atoms with E-state index in [1.54, 1.807) is 36.7 Å². The van der Waals surface area contributed by atoms with Gasteiger partial charge < -0.3 is 15.2 Å². The maximum Gasteiger partial charge on any atom is 0.319 e. The molecule has 0 saturated carbocycles. The Kier molecular flexibility index (Phi) is 4.58. The topological polar surface area (TPSA) is 76.0 Å². The number of aryl methyl sites for hydroxylation is 3. The van der Waals surface area contributed by atoms with Crippen molar-refractivity contribution in [2.24, 2.45) is 7.05 Å². The van der Waals surface area contributed by atoms with Gasteiger partial charge in [0.1, 0.15) is 5.01 Å². The van der Waals surface area contributed by atoms with E-state index in [4.69, 9.17) is 0 Å². The third kappa shape index (κ3) is 3.48. The first-order valence-corrected chi connectivity index (χ1v) is 9.12. The Morgan fingerprint density at radius 3 is 2.62 bits per heavy atom. The molecule has 2 aromatic heterocycles. The van der Waals surface area contributed by atoms with Crippen molar-refractivity contribution in [3.8, 4) is 0 Å². The van der Waals surface area contributed by atoms with Crippen molar-refractivity contribution in [1.82, 2.24) is 14.9 Å². The summed E-state index contributed by atoms with van der Waals surface area (Å²) in [6.07, 6.45) is 1.73. The minimum absolute atomic E-state index is 0.0966. The van der Waals surface area contributed by atoms with Gasteiger partial charge in [0.05, 0.1) is 11.2 Å². The van der Waals surface area contributed by atoms with Crippen molar-refractivity contribution >= 4 is 33.8 Å². The summed E-state index contributed by atoms with van der Waals surface area (Å²) in [5.41, 5.74) is 0.854. The van der Waals surface area contributed by atoms with E-state index in [1.165, 1.54) is 4.57 Å². The van der Waals surface area contributed by atoms with Gasteiger partial charge in [0.25, 0.3) is 5.56 Å². The number of nitrogens with one attached hydrogen (secondary N) is 2. The zero-order valence-electron chi connectivity index (χ0n) is 15.5. The van der Waals surface area contributed by atoms with Gasteiger partial charge in [-0.2, -0.15) is 0 Å². The summed E-state index contributed by atoms with van der Waals surface area (Å²) >= 11 is 1.58. The Bertz CT molecular complexity index is 1030. The molecule has 6 nitrogen and oxygen atoms in total. The van der Waals surface area contributed by atoms with Gasteiger partial charge in [0, 0.05) is 29.2 Å². The second-order valence-corrected chi connectivity index (χ2v) is 8.10. The molecule has 0 aliphatic rings. The number of benzene rings is 1. The van der Waals surface area contributed by atoms with Crippen LogP contribution in [0.25, 0.3) is 10.8 Å². The normalized spacial score (nSPS) is 11.6. The van der Waals surface area contributed by atoms with Crippen LogP contribution in [0, 0.1) is 13.8 Å². The van der Waals surface area contributed by atoms with Gasteiger partial charge >= 0.3 is 6.03 Å². The molecule has 2 heterocycles. The maximum absolute atomic E-state index is 12.5. The molecule has 0 aliphatic carbocycles. The van der Waals surface area contributed by atoms with Crippen molar-refractivity contribution in [2.75, 3.05) is 5.32 Å². The predicted molar refractivity (Wildman–Crippen MR) is 106 cm³/mol. The summed E-state index contributed by atoms with van der Waals surface area (Å²) in [4.78, 5) is 30.4. The number of nitrogens with zero attached hydrogens (tertiary/aromatic N) is 2. The van der Waals surface area contributed by atoms with E-state index >= 15 is 0 Å². The molecule has 0 saturated heterocycles. The van der Waals surface area contributed by atoms with E-state index in [9.17, 15) is 9.59 Å². The lowest BCUT2D eigenvalue weighted by atomic mass is 10.1. The molecule has 0 fully saturated rings. The van der Waals surface area contributed by atoms with E-state index in [1.807, 2.05) is 39.8 Å². The highest BCUT2D eigenvalue weighted by Gasteiger charge is 2.27. The molecule has 7 heteroatoms. The van der Waals surface area contributed by atoms with Gasteiger partial charge in [0.15, 0.2) is 0 Å². The Hall–Kier alpha value is -2.67. The summed E-state index contributed by atoms with van der Waals surface area (Å²) in [7, 11) is 1.70. The van der Waals surface area contributed by atoms with E-state index < -0.39 is 5.54 Å². The Morgan fingerprint density at radius 1 is 1.23 bits per heavy atom. The molecule has 0 bridgehead atoms. The second-order valence-electron chi connectivity index (χ2n) is 6.90. The number of hydrogen-bond acceptors (Lipinski definition) is 4. The summed E-state index contributed by atoms with van der Waals surface area (Å²) in [6, 6.07) is 6.84. The van der Waals surface area contributed by atoms with Gasteiger partial charge in [-0.25, -0.2) is 9.78 Å². The van der Waals surface area contributed by atoms with Crippen LogP contribution in [0.1, 0.15) is 29.4 Å². The quantitative estimate of drug-likeness (QED) is 0.739. The Labute approximate surface area is 155 Å². The minimum Gasteiger partial charge on any atom is -0.326 e. The molecule has 2 amide bonds. The van der Waals surface area contributed by atoms with E-state index in [0.717, 1.165) is 21.0 Å². The van der Waals surface area contributed by atoms with Crippen LogP contribution in [-0.4, -0.2) is 15.6 Å². The number of urea groups is 1. The molecule has 2 N–H and O–H groups in total. The van der Waals surface area contributed by atoms with Crippen molar-refractivity contribution in [1.29, 1.82) is 0 Å². The molecule has 0 aliphatic heterocycles. The number of fused-ring (bicyclic) bond motifs is 1. The van der Waals surface area contributed by atoms with Crippen LogP contribution in [0.2, 0.25) is 0 Å². The second kappa shape index (κ2) is 6.57. The number of pyridine rings is 1. The van der Waals surface area contributed by atoms with E-state index in [0.29, 0.717) is 11.1 Å². The highest BCUT2D eigenvalue weighted by atomic mass is 32.1. The largest absolute Gasteiger partial charge is 0.326 e. The Morgan fingerprint density at radius 2 is 1.96 bits per heavy atom. The molecule has 26 heavy (non-hydrogen) atoms. The standard InChI is InChI=1S/C19H22N4O2S/c1-11-12(2)26-17(20-11)19(3,4)22-18(25)21-14-7-6-13-8-9-23(5)16(24)15(13)10-14/h6-10H,1-5H3,(H2,21,22,25). The smallest absolute Gasteiger partial charge is 0.319 e. The van der Waals surface area contributed by atoms with Crippen LogP contribution in [-0.2, 0) is 12.6 Å². The monoisotopic (exact) mass is 370 g/mol. The summed E-state index contributed by atoms with van der Waals surface area (Å²) in [6.45, 7) is 7.81. The van der Waals surface area contributed by atoms with Crippen LogP contribution in [0.3, 0.4) is 0 Å². The lowest BCUT2D eigenvalue weighted by Gasteiger charge is -2.24. The predicted octanol–water partition coefficient (Wildman–Crippen LogP) is 3.67. The number of rotatable bonds is 3. The summed E-state index contributed by atoms with van der Waals surface area (Å²) in [5, 5.41) is 8.02. The fraction of sp³-hybridized carbons (Fsp3) is 0.316. The van der Waals surface area contributed by atoms with Crippen molar-refractivity contribution in [2.45, 2.75) is 33.2 Å². The molecule has 0 spiro atoms. The van der Waals surface area contributed by atoms with E-state index in [2.05, 4.69) is 15.6 Å². The van der Waals surface area contributed by atoms with Crippen molar-refractivity contribution in [3.63, 3.8) is 0 Å². The number of carbonyl (C=O) groups excluding carboxylic acids is 1. The number of carbonyl (C=O) groups is 1. The van der Waals surface area contributed by atoms with Crippen molar-refractivity contribution in [3.05, 3.63) is 56.4 Å². The molecule has 0 atom stereocenters. The van der Waals surface area contributed by atoms with Crippen LogP contribution in [0.4, 0.5) is 10.5 Å². The molecule has 0 unspecified atom stereocenters. The molecular formula is C19H22N4O2S. The highest BCUT2D eigenvalue weighted by molar-refractivity contribution is 7.11. The SMILES string of the molecule is Cc1nc(C(C)(C)NC(=O)Nc2ccc3ccn(C)c(=O)c3c2)sc1C. The van der Waals surface area contributed by atoms with Gasteiger partial charge in [0.2, 0.25) is 0 Å². The number of aromatic nitrogens is 2. The third-order valence-electron chi connectivity index (χ3n) is 4.33. The number of thiazole rings is 1. The van der Waals surface area contributed by atoms with Crippen LogP contribution < -0.4 is 16.2 Å². The number of anilines is 1. The van der Waals surface area contributed by atoms with Crippen molar-refractivity contribution < 1.29 is 4.79 Å². The van der Waals surface area contributed by atoms with Crippen LogP contribution >= 0.6 is 11.3 Å². The van der Waals surface area contributed by atoms with Gasteiger partial charge in [-0.05, 0) is 51.3 Å². The van der Waals surface area contributed by atoms with Gasteiger partial charge in [-0.1, -0.05) is 6.07 Å². The average molecular weight is 370 g/mol. The third-order valence-corrected chi connectivity index (χ3v) is 5.73. The average Bonchev–Trinajstić information content (AvgIpc) is 2.91. The lowest BCUT2D eigenvalue weighted by Crippen LogP contribution is -2.43. The van der Waals surface area contributed by atoms with Gasteiger partial charge in [-0.3, -0.25) is 4.79 Å². The zero-order chi connectivity index (χ0) is 19.1. The first-order valence-electron chi connectivity index (χ1n) is 8.30. The number of amides is 2. The maximum atomic E-state index is 12.5. The van der Waals surface area contributed by atoms with Crippen LogP contribution in [0.15, 0.2) is 35.3 Å². The molecule has 136 valence electrons. The fourth-order valence-corrected chi connectivity index (χ4v) is 3.63. The number of hydrogen-bond donors (Lipinski definition) is 2. The van der Waals surface area contributed by atoms with Crippen LogP contribution in [0.5, 0.6) is 0 Å². The molecule has 1 aromatic carbocycles.